The lowest BCUT2D eigenvalue weighted by molar-refractivity contribution is 0.0603. The SMILES string of the molecule is Cc1cc2c3c(c1)C(c1ccc(C(C)(C)C)cc1-c1ccccc1)c1oc4cc(C(C)(C)C)ccc4c1B3c1cc(-c3ccccc3)cc3c1C2CC1(C)CCCCC31C. The van der Waals surface area contributed by atoms with Crippen LogP contribution in [-0.2, 0) is 16.2 Å². The lowest BCUT2D eigenvalue weighted by Crippen LogP contribution is -2.64. The Labute approximate surface area is 358 Å². The fourth-order valence-corrected chi connectivity index (χ4v) is 12.6. The van der Waals surface area contributed by atoms with Gasteiger partial charge < -0.3 is 4.42 Å². The first-order valence-electron chi connectivity index (χ1n) is 22.8. The average Bonchev–Trinajstić information content (AvgIpc) is 3.60. The summed E-state index contributed by atoms with van der Waals surface area (Å²) >= 11 is 0. The molecule has 1 aromatic heterocycles. The molecule has 300 valence electrons. The first kappa shape index (κ1) is 37.9. The third-order valence-corrected chi connectivity index (χ3v) is 16.1. The van der Waals surface area contributed by atoms with Gasteiger partial charge in [0.1, 0.15) is 11.3 Å². The zero-order valence-electron chi connectivity index (χ0n) is 37.2. The Morgan fingerprint density at radius 1 is 0.617 bits per heavy atom. The Morgan fingerprint density at radius 2 is 1.27 bits per heavy atom. The first-order valence-corrected chi connectivity index (χ1v) is 22.8. The van der Waals surface area contributed by atoms with Crippen molar-refractivity contribution in [2.45, 2.75) is 122 Å². The van der Waals surface area contributed by atoms with E-state index in [1.54, 1.807) is 16.7 Å². The van der Waals surface area contributed by atoms with E-state index in [4.69, 9.17) is 4.42 Å². The van der Waals surface area contributed by atoms with Gasteiger partial charge in [0.2, 0.25) is 6.71 Å². The standard InChI is InChI=1S/C58H59BO/c1-35-28-44-46-34-57(8)26-16-17-27-58(57,9)47-30-38(36-18-12-10-13-19-36)31-48(51(46)47)59-52(44)45(29-35)50(54-53(59)42-25-23-40(56(5,6)7)33-49(42)60-54)41-24-22-39(55(2,3)4)32-43(41)37-20-14-11-15-21-37/h10-15,18-25,28-33,46,50H,16-17,26-27,34H2,1-9H3. The lowest BCUT2D eigenvalue weighted by Gasteiger charge is -2.58. The molecule has 7 aromatic rings. The van der Waals surface area contributed by atoms with Gasteiger partial charge in [-0.3, -0.25) is 0 Å². The molecule has 0 amide bonds. The third kappa shape index (κ3) is 5.44. The summed E-state index contributed by atoms with van der Waals surface area (Å²) in [6.07, 6.45) is 6.37. The molecule has 1 nitrogen and oxygen atoms in total. The van der Waals surface area contributed by atoms with Crippen LogP contribution in [-0.4, -0.2) is 6.71 Å². The number of furan rings is 1. The lowest BCUT2D eigenvalue weighted by atomic mass is 9.27. The summed E-state index contributed by atoms with van der Waals surface area (Å²) in [5.74, 6) is 1.41. The first-order chi connectivity index (χ1) is 28.6. The second-order valence-corrected chi connectivity index (χ2v) is 21.7. The van der Waals surface area contributed by atoms with Gasteiger partial charge in [0, 0.05) is 11.3 Å². The van der Waals surface area contributed by atoms with Crippen LogP contribution in [0.2, 0.25) is 0 Å². The van der Waals surface area contributed by atoms with Crippen molar-refractivity contribution in [2.75, 3.05) is 0 Å². The second kappa shape index (κ2) is 13.0. The second-order valence-electron chi connectivity index (χ2n) is 21.7. The molecule has 11 rings (SSSR count). The highest BCUT2D eigenvalue weighted by Crippen LogP contribution is 2.63. The number of hydrogen-bond acceptors (Lipinski definition) is 1. The highest BCUT2D eigenvalue weighted by molar-refractivity contribution is 6.98. The maximum atomic E-state index is 7.52. The van der Waals surface area contributed by atoms with E-state index in [1.165, 1.54) is 104 Å². The predicted molar refractivity (Wildman–Crippen MR) is 255 cm³/mol. The smallest absolute Gasteiger partial charge is 0.247 e. The van der Waals surface area contributed by atoms with E-state index < -0.39 is 0 Å². The summed E-state index contributed by atoms with van der Waals surface area (Å²) < 4.78 is 7.52. The summed E-state index contributed by atoms with van der Waals surface area (Å²) in [5, 5.41) is 1.26. The van der Waals surface area contributed by atoms with Gasteiger partial charge in [0.15, 0.2) is 0 Å². The molecule has 4 atom stereocenters. The van der Waals surface area contributed by atoms with E-state index in [1.807, 2.05) is 0 Å². The van der Waals surface area contributed by atoms with Gasteiger partial charge in [-0.2, -0.15) is 0 Å². The van der Waals surface area contributed by atoms with E-state index in [9.17, 15) is 0 Å². The fraction of sp³-hybridized carbons (Fsp3) is 0.345. The Kier molecular flexibility index (Phi) is 8.19. The highest BCUT2D eigenvalue weighted by atomic mass is 16.3. The number of rotatable bonds is 3. The van der Waals surface area contributed by atoms with Crippen molar-refractivity contribution in [1.82, 2.24) is 0 Å². The van der Waals surface area contributed by atoms with Crippen molar-refractivity contribution in [3.63, 3.8) is 0 Å². The number of hydrogen-bond donors (Lipinski definition) is 0. The molecular formula is C58H59BO. The molecule has 4 unspecified atom stereocenters. The van der Waals surface area contributed by atoms with Gasteiger partial charge in [-0.05, 0) is 121 Å². The Hall–Kier alpha value is -5.08. The van der Waals surface area contributed by atoms with Crippen molar-refractivity contribution in [3.05, 3.63) is 172 Å². The third-order valence-electron chi connectivity index (χ3n) is 16.1. The summed E-state index contributed by atoms with van der Waals surface area (Å²) in [6, 6.07) is 47.2. The maximum Gasteiger partial charge on any atom is 0.247 e. The van der Waals surface area contributed by atoms with Crippen molar-refractivity contribution >= 4 is 34.1 Å². The molecule has 0 spiro atoms. The summed E-state index contributed by atoms with van der Waals surface area (Å²) in [5.41, 5.74) is 22.6. The van der Waals surface area contributed by atoms with Crippen molar-refractivity contribution < 1.29 is 4.42 Å². The Morgan fingerprint density at radius 3 is 1.98 bits per heavy atom. The van der Waals surface area contributed by atoms with Gasteiger partial charge in [0.05, 0.1) is 5.92 Å². The highest BCUT2D eigenvalue weighted by Gasteiger charge is 2.57. The number of aryl methyl sites for hydroxylation is 1. The van der Waals surface area contributed by atoms with E-state index in [2.05, 4.69) is 184 Å². The largest absolute Gasteiger partial charge is 0.461 e. The molecular weight excluding hydrogens is 723 g/mol. The Balaban J connectivity index is 1.28. The zero-order valence-corrected chi connectivity index (χ0v) is 37.2. The Bertz CT molecular complexity index is 2860. The molecule has 1 saturated carbocycles. The summed E-state index contributed by atoms with van der Waals surface area (Å²) in [6.45, 7) is 21.7. The molecule has 2 heteroatoms. The predicted octanol–water partition coefficient (Wildman–Crippen LogP) is 13.4. The molecule has 1 fully saturated rings. The topological polar surface area (TPSA) is 13.1 Å². The number of fused-ring (bicyclic) bond motifs is 8. The fourth-order valence-electron chi connectivity index (χ4n) is 12.6. The monoisotopic (exact) mass is 782 g/mol. The molecule has 0 radical (unpaired) electrons. The molecule has 3 heterocycles. The zero-order chi connectivity index (χ0) is 41.5. The van der Waals surface area contributed by atoms with Gasteiger partial charge in [-0.1, -0.05) is 200 Å². The van der Waals surface area contributed by atoms with Crippen molar-refractivity contribution in [2.24, 2.45) is 5.41 Å². The minimum Gasteiger partial charge on any atom is -0.461 e. The molecule has 0 bridgehead atoms. The quantitative estimate of drug-likeness (QED) is 0.163. The minimum atomic E-state index is -0.0583. The minimum absolute atomic E-state index is 0.000632. The van der Waals surface area contributed by atoms with Gasteiger partial charge in [-0.25, -0.2) is 0 Å². The van der Waals surface area contributed by atoms with Gasteiger partial charge in [0.25, 0.3) is 0 Å². The molecule has 0 N–H and O–H groups in total. The average molecular weight is 783 g/mol. The van der Waals surface area contributed by atoms with Crippen LogP contribution < -0.4 is 16.4 Å². The molecule has 2 aliphatic carbocycles. The van der Waals surface area contributed by atoms with Crippen LogP contribution in [0, 0.1) is 12.3 Å². The van der Waals surface area contributed by atoms with Gasteiger partial charge >= 0.3 is 0 Å². The molecule has 0 saturated heterocycles. The van der Waals surface area contributed by atoms with Crippen molar-refractivity contribution in [3.8, 4) is 22.3 Å². The maximum absolute atomic E-state index is 7.52. The molecule has 60 heavy (non-hydrogen) atoms. The van der Waals surface area contributed by atoms with Crippen LogP contribution >= 0.6 is 0 Å². The van der Waals surface area contributed by atoms with Crippen LogP contribution in [0.25, 0.3) is 33.2 Å². The molecule has 2 aliphatic heterocycles. The van der Waals surface area contributed by atoms with E-state index >= 15 is 0 Å². The van der Waals surface area contributed by atoms with Crippen molar-refractivity contribution in [1.29, 1.82) is 0 Å². The summed E-state index contributed by atoms with van der Waals surface area (Å²) in [4.78, 5) is 0. The van der Waals surface area contributed by atoms with E-state index in [0.717, 1.165) is 11.3 Å². The normalized spacial score (nSPS) is 22.9. The molecule has 4 aliphatic rings. The van der Waals surface area contributed by atoms with Crippen LogP contribution in [0.5, 0.6) is 0 Å². The number of benzene rings is 6. The van der Waals surface area contributed by atoms with Crippen LogP contribution in [0.3, 0.4) is 0 Å². The summed E-state index contributed by atoms with van der Waals surface area (Å²) in [7, 11) is 0. The van der Waals surface area contributed by atoms with Crippen LogP contribution in [0.15, 0.2) is 126 Å². The van der Waals surface area contributed by atoms with Crippen LogP contribution in [0.4, 0.5) is 0 Å². The van der Waals surface area contributed by atoms with E-state index in [0.29, 0.717) is 5.92 Å². The van der Waals surface area contributed by atoms with Crippen LogP contribution in [0.1, 0.15) is 150 Å². The van der Waals surface area contributed by atoms with E-state index in [-0.39, 0.29) is 34.3 Å². The van der Waals surface area contributed by atoms with Gasteiger partial charge in [-0.15, -0.1) is 0 Å². The molecule has 6 aromatic carbocycles.